The molecule has 0 amide bonds. The second kappa shape index (κ2) is 5.64. The molecule has 0 saturated carbocycles. The average Bonchev–Trinajstić information content (AvgIpc) is 2.60. The second-order valence-electron chi connectivity index (χ2n) is 5.53. The van der Waals surface area contributed by atoms with Crippen LogP contribution in [0.5, 0.6) is 17.2 Å². The molecular weight excluding hydrogens is 308 g/mol. The van der Waals surface area contributed by atoms with Gasteiger partial charge >= 0.3 is 0 Å². The van der Waals surface area contributed by atoms with Crippen LogP contribution in [0.2, 0.25) is 5.02 Å². The van der Waals surface area contributed by atoms with E-state index >= 15 is 0 Å². The minimum absolute atomic E-state index is 0.0968. The SMILES string of the molecule is COc1ccc(C2c3ccccc3Oc3ccc(Cl)cc32)cc1. The zero-order valence-corrected chi connectivity index (χ0v) is 13.4. The molecule has 0 N–H and O–H groups in total. The quantitative estimate of drug-likeness (QED) is 0.476. The summed E-state index contributed by atoms with van der Waals surface area (Å²) < 4.78 is 11.3. The van der Waals surface area contributed by atoms with Crippen LogP contribution in [-0.2, 0) is 0 Å². The van der Waals surface area contributed by atoms with Crippen molar-refractivity contribution in [1.82, 2.24) is 0 Å². The molecule has 114 valence electrons. The van der Waals surface area contributed by atoms with Gasteiger partial charge in [-0.25, -0.2) is 0 Å². The van der Waals surface area contributed by atoms with E-state index in [1.165, 1.54) is 5.56 Å². The van der Waals surface area contributed by atoms with Crippen LogP contribution >= 0.6 is 11.6 Å². The maximum atomic E-state index is 6.23. The number of ether oxygens (including phenoxy) is 2. The van der Waals surface area contributed by atoms with E-state index in [1.807, 2.05) is 48.5 Å². The van der Waals surface area contributed by atoms with E-state index in [-0.39, 0.29) is 5.92 Å². The summed E-state index contributed by atoms with van der Waals surface area (Å²) in [5.74, 6) is 2.69. The largest absolute Gasteiger partial charge is 0.497 e. The first-order valence-electron chi connectivity index (χ1n) is 7.46. The predicted molar refractivity (Wildman–Crippen MR) is 91.9 cm³/mol. The zero-order chi connectivity index (χ0) is 15.8. The molecule has 1 aliphatic rings. The van der Waals surface area contributed by atoms with Gasteiger partial charge < -0.3 is 9.47 Å². The maximum Gasteiger partial charge on any atom is 0.131 e. The Kier molecular flexibility index (Phi) is 3.47. The Labute approximate surface area is 140 Å². The van der Waals surface area contributed by atoms with Crippen molar-refractivity contribution in [3.05, 3.63) is 88.4 Å². The first-order valence-corrected chi connectivity index (χ1v) is 7.84. The number of halogens is 1. The molecule has 3 aromatic rings. The van der Waals surface area contributed by atoms with Gasteiger partial charge in [0.15, 0.2) is 0 Å². The molecule has 0 fully saturated rings. The second-order valence-corrected chi connectivity index (χ2v) is 5.96. The van der Waals surface area contributed by atoms with E-state index in [0.717, 1.165) is 28.4 Å². The van der Waals surface area contributed by atoms with E-state index < -0.39 is 0 Å². The lowest BCUT2D eigenvalue weighted by atomic mass is 9.83. The molecule has 1 heterocycles. The number of benzene rings is 3. The van der Waals surface area contributed by atoms with Crippen LogP contribution in [0.1, 0.15) is 22.6 Å². The van der Waals surface area contributed by atoms with Crippen molar-refractivity contribution in [2.75, 3.05) is 7.11 Å². The fourth-order valence-electron chi connectivity index (χ4n) is 3.09. The molecule has 0 aromatic heterocycles. The molecule has 0 saturated heterocycles. The molecule has 2 nitrogen and oxygen atoms in total. The number of fused-ring (bicyclic) bond motifs is 2. The fourth-order valence-corrected chi connectivity index (χ4v) is 3.27. The van der Waals surface area contributed by atoms with Gasteiger partial charge in [0.2, 0.25) is 0 Å². The monoisotopic (exact) mass is 322 g/mol. The van der Waals surface area contributed by atoms with Crippen molar-refractivity contribution in [2.24, 2.45) is 0 Å². The van der Waals surface area contributed by atoms with E-state index in [9.17, 15) is 0 Å². The van der Waals surface area contributed by atoms with Crippen molar-refractivity contribution in [2.45, 2.75) is 5.92 Å². The molecule has 1 atom stereocenters. The minimum Gasteiger partial charge on any atom is -0.497 e. The minimum atomic E-state index is 0.0968. The van der Waals surface area contributed by atoms with E-state index in [4.69, 9.17) is 21.1 Å². The lowest BCUT2D eigenvalue weighted by Gasteiger charge is -2.28. The molecule has 0 radical (unpaired) electrons. The van der Waals surface area contributed by atoms with E-state index in [2.05, 4.69) is 18.2 Å². The molecule has 0 bridgehead atoms. The van der Waals surface area contributed by atoms with Crippen LogP contribution in [0, 0.1) is 0 Å². The molecule has 23 heavy (non-hydrogen) atoms. The van der Waals surface area contributed by atoms with E-state index in [0.29, 0.717) is 5.02 Å². The van der Waals surface area contributed by atoms with Gasteiger partial charge in [0.05, 0.1) is 7.11 Å². The van der Waals surface area contributed by atoms with Crippen LogP contribution < -0.4 is 9.47 Å². The summed E-state index contributed by atoms with van der Waals surface area (Å²) in [5, 5.41) is 0.713. The Morgan fingerprint density at radius 1 is 0.870 bits per heavy atom. The molecule has 0 aliphatic carbocycles. The summed E-state index contributed by atoms with van der Waals surface area (Å²) in [6.07, 6.45) is 0. The van der Waals surface area contributed by atoms with Crippen LogP contribution in [0.4, 0.5) is 0 Å². The third-order valence-corrected chi connectivity index (χ3v) is 4.42. The lowest BCUT2D eigenvalue weighted by Crippen LogP contribution is -2.11. The van der Waals surface area contributed by atoms with Gasteiger partial charge in [-0.3, -0.25) is 0 Å². The van der Waals surface area contributed by atoms with Crippen LogP contribution in [0.15, 0.2) is 66.7 Å². The summed E-state index contributed by atoms with van der Waals surface area (Å²) in [6.45, 7) is 0. The first kappa shape index (κ1) is 14.2. The number of rotatable bonds is 2. The standard InChI is InChI=1S/C20H15ClO2/c1-22-15-9-6-13(7-10-15)20-16-4-2-3-5-18(16)23-19-11-8-14(21)12-17(19)20/h2-12,20H,1H3. The Morgan fingerprint density at radius 2 is 1.61 bits per heavy atom. The van der Waals surface area contributed by atoms with Gasteiger partial charge in [-0.2, -0.15) is 0 Å². The summed E-state index contributed by atoms with van der Waals surface area (Å²) in [5.41, 5.74) is 3.42. The third kappa shape index (κ3) is 2.45. The molecular formula is C20H15ClO2. The normalized spacial score (nSPS) is 15.3. The lowest BCUT2D eigenvalue weighted by molar-refractivity contribution is 0.414. The Morgan fingerprint density at radius 3 is 2.39 bits per heavy atom. The van der Waals surface area contributed by atoms with Gasteiger partial charge in [-0.1, -0.05) is 41.9 Å². The summed E-state index contributed by atoms with van der Waals surface area (Å²) in [4.78, 5) is 0. The van der Waals surface area contributed by atoms with Gasteiger partial charge in [-0.15, -0.1) is 0 Å². The van der Waals surface area contributed by atoms with Crippen molar-refractivity contribution in [3.63, 3.8) is 0 Å². The Bertz CT molecular complexity index is 856. The zero-order valence-electron chi connectivity index (χ0n) is 12.6. The fraction of sp³-hybridized carbons (Fsp3) is 0.100. The summed E-state index contributed by atoms with van der Waals surface area (Å²) in [7, 11) is 1.67. The van der Waals surface area contributed by atoms with E-state index in [1.54, 1.807) is 7.11 Å². The maximum absolute atomic E-state index is 6.23. The summed E-state index contributed by atoms with van der Waals surface area (Å²) >= 11 is 6.23. The number of hydrogen-bond donors (Lipinski definition) is 0. The van der Waals surface area contributed by atoms with Gasteiger partial charge in [-0.05, 0) is 42.0 Å². The first-order chi connectivity index (χ1) is 11.3. The topological polar surface area (TPSA) is 18.5 Å². The van der Waals surface area contributed by atoms with Gasteiger partial charge in [0, 0.05) is 22.1 Å². The Hall–Kier alpha value is -2.45. The van der Waals surface area contributed by atoms with Crippen molar-refractivity contribution in [3.8, 4) is 17.2 Å². The predicted octanol–water partition coefficient (Wildman–Crippen LogP) is 5.63. The number of hydrogen-bond acceptors (Lipinski definition) is 2. The molecule has 4 rings (SSSR count). The van der Waals surface area contributed by atoms with Crippen molar-refractivity contribution in [1.29, 1.82) is 0 Å². The number of para-hydroxylation sites is 1. The Balaban J connectivity index is 1.91. The highest BCUT2D eigenvalue weighted by molar-refractivity contribution is 6.30. The molecule has 3 aromatic carbocycles. The molecule has 3 heteroatoms. The van der Waals surface area contributed by atoms with Crippen LogP contribution in [0.25, 0.3) is 0 Å². The molecule has 0 spiro atoms. The smallest absolute Gasteiger partial charge is 0.131 e. The highest BCUT2D eigenvalue weighted by atomic mass is 35.5. The van der Waals surface area contributed by atoms with Crippen LogP contribution in [0.3, 0.4) is 0 Å². The van der Waals surface area contributed by atoms with Gasteiger partial charge in [0.1, 0.15) is 17.2 Å². The van der Waals surface area contributed by atoms with Gasteiger partial charge in [0.25, 0.3) is 0 Å². The van der Waals surface area contributed by atoms with Crippen molar-refractivity contribution < 1.29 is 9.47 Å². The average molecular weight is 323 g/mol. The number of methoxy groups -OCH3 is 1. The molecule has 1 aliphatic heterocycles. The molecule has 1 unspecified atom stereocenters. The van der Waals surface area contributed by atoms with Crippen molar-refractivity contribution >= 4 is 11.6 Å². The highest BCUT2D eigenvalue weighted by Gasteiger charge is 2.28. The van der Waals surface area contributed by atoms with Crippen LogP contribution in [-0.4, -0.2) is 7.11 Å². The highest BCUT2D eigenvalue weighted by Crippen LogP contribution is 2.47. The summed E-state index contributed by atoms with van der Waals surface area (Å²) in [6, 6.07) is 22.1. The third-order valence-electron chi connectivity index (χ3n) is 4.18.